The largest absolute Gasteiger partial charge is 0.497 e. The molecule has 0 spiro atoms. The summed E-state index contributed by atoms with van der Waals surface area (Å²) in [6.45, 7) is 1.32. The fourth-order valence-electron chi connectivity index (χ4n) is 2.47. The molecule has 0 aliphatic heterocycles. The summed E-state index contributed by atoms with van der Waals surface area (Å²) >= 11 is 4.91. The van der Waals surface area contributed by atoms with Crippen molar-refractivity contribution in [3.8, 4) is 5.75 Å². The van der Waals surface area contributed by atoms with Crippen LogP contribution in [-0.4, -0.2) is 50.1 Å². The lowest BCUT2D eigenvalue weighted by atomic mass is 10.2. The monoisotopic (exact) mass is 469 g/mol. The first kappa shape index (κ1) is 21.6. The van der Waals surface area contributed by atoms with Gasteiger partial charge in [0.25, 0.3) is 5.91 Å². The van der Waals surface area contributed by atoms with E-state index in [1.807, 2.05) is 56.6 Å². The number of rotatable bonds is 6. The van der Waals surface area contributed by atoms with Crippen molar-refractivity contribution in [2.24, 2.45) is 0 Å². The number of ether oxygens (including phenoxy) is 1. The van der Waals surface area contributed by atoms with Crippen molar-refractivity contribution in [2.75, 3.05) is 39.2 Å². The number of hydrogen-bond acceptors (Lipinski definition) is 5. The number of anilines is 1. The average molecular weight is 471 g/mol. The molecule has 2 aromatic carbocycles. The number of carbonyl (C=O) groups excluding carboxylic acids is 1. The van der Waals surface area contributed by atoms with Gasteiger partial charge in [-0.25, -0.2) is 4.98 Å². The van der Waals surface area contributed by atoms with Gasteiger partial charge in [-0.05, 0) is 56.6 Å². The Morgan fingerprint density at radius 2 is 1.85 bits per heavy atom. The van der Waals surface area contributed by atoms with Gasteiger partial charge in [0.1, 0.15) is 5.75 Å². The van der Waals surface area contributed by atoms with Gasteiger partial charge in [-0.2, -0.15) is 0 Å². The molecule has 3 aromatic rings. The number of fused-ring (bicyclic) bond motifs is 1. The third-order valence-electron chi connectivity index (χ3n) is 3.92. The SMILES string of the molecule is COc1ccc2nc(N(CCN(C)C)C(=O)c3ccc(Br)cc3)sc2c1.Cl. The van der Waals surface area contributed by atoms with E-state index < -0.39 is 0 Å². The number of methoxy groups -OCH3 is 1. The van der Waals surface area contributed by atoms with Crippen molar-refractivity contribution in [3.05, 3.63) is 52.5 Å². The third-order valence-corrected chi connectivity index (χ3v) is 5.49. The molecule has 3 rings (SSSR count). The maximum atomic E-state index is 13.1. The number of thiazole rings is 1. The molecule has 0 saturated carbocycles. The molecule has 0 aliphatic rings. The lowest BCUT2D eigenvalue weighted by molar-refractivity contribution is 0.0985. The smallest absolute Gasteiger partial charge is 0.260 e. The Kier molecular flexibility index (Phi) is 7.61. The van der Waals surface area contributed by atoms with Gasteiger partial charge in [-0.15, -0.1) is 12.4 Å². The van der Waals surface area contributed by atoms with E-state index in [0.717, 1.165) is 27.0 Å². The Morgan fingerprint density at radius 3 is 2.48 bits per heavy atom. The van der Waals surface area contributed by atoms with Crippen LogP contribution in [0.5, 0.6) is 5.75 Å². The van der Waals surface area contributed by atoms with E-state index in [1.54, 1.807) is 12.0 Å². The molecule has 1 heterocycles. The van der Waals surface area contributed by atoms with Gasteiger partial charge in [-0.3, -0.25) is 9.69 Å². The lowest BCUT2D eigenvalue weighted by Crippen LogP contribution is -2.36. The van der Waals surface area contributed by atoms with Crippen molar-refractivity contribution >= 4 is 60.9 Å². The standard InChI is InChI=1S/C19H20BrN3O2S.ClH/c1-22(2)10-11-23(18(24)13-4-6-14(20)7-5-13)19-21-16-9-8-15(25-3)12-17(16)26-19;/h4-9,12H,10-11H2,1-3H3;1H. The number of nitrogens with zero attached hydrogens (tertiary/aromatic N) is 3. The zero-order chi connectivity index (χ0) is 18.7. The maximum Gasteiger partial charge on any atom is 0.260 e. The Bertz CT molecular complexity index is 915. The molecule has 144 valence electrons. The molecule has 0 fully saturated rings. The summed E-state index contributed by atoms with van der Waals surface area (Å²) in [5, 5.41) is 0.697. The molecule has 0 atom stereocenters. The Balaban J connectivity index is 0.00000261. The van der Waals surface area contributed by atoms with E-state index in [4.69, 9.17) is 4.74 Å². The quantitative estimate of drug-likeness (QED) is 0.524. The molecule has 8 heteroatoms. The summed E-state index contributed by atoms with van der Waals surface area (Å²) in [5.74, 6) is 0.733. The molecular formula is C19H21BrClN3O2S. The molecular weight excluding hydrogens is 450 g/mol. The zero-order valence-corrected chi connectivity index (χ0v) is 18.5. The van der Waals surface area contributed by atoms with Crippen LogP contribution in [0.4, 0.5) is 5.13 Å². The van der Waals surface area contributed by atoms with Crippen LogP contribution >= 0.6 is 39.7 Å². The Labute approximate surface area is 177 Å². The van der Waals surface area contributed by atoms with Crippen LogP contribution in [0.1, 0.15) is 10.4 Å². The lowest BCUT2D eigenvalue weighted by Gasteiger charge is -2.22. The van der Waals surface area contributed by atoms with Crippen LogP contribution in [0.2, 0.25) is 0 Å². The van der Waals surface area contributed by atoms with Gasteiger partial charge in [0.05, 0.1) is 17.3 Å². The van der Waals surface area contributed by atoms with Gasteiger partial charge < -0.3 is 9.64 Å². The number of carbonyl (C=O) groups is 1. The highest BCUT2D eigenvalue weighted by Crippen LogP contribution is 2.32. The van der Waals surface area contributed by atoms with E-state index >= 15 is 0 Å². The highest BCUT2D eigenvalue weighted by Gasteiger charge is 2.21. The molecule has 0 aliphatic carbocycles. The Hall–Kier alpha value is -1.67. The van der Waals surface area contributed by atoms with Crippen LogP contribution in [0.3, 0.4) is 0 Å². The topological polar surface area (TPSA) is 45.7 Å². The van der Waals surface area contributed by atoms with E-state index in [-0.39, 0.29) is 18.3 Å². The normalized spacial score (nSPS) is 10.7. The van der Waals surface area contributed by atoms with Crippen LogP contribution in [0.25, 0.3) is 10.2 Å². The van der Waals surface area contributed by atoms with E-state index in [9.17, 15) is 4.79 Å². The van der Waals surface area contributed by atoms with Gasteiger partial charge in [0, 0.05) is 23.1 Å². The minimum Gasteiger partial charge on any atom is -0.497 e. The molecule has 1 amide bonds. The molecule has 0 radical (unpaired) electrons. The molecule has 5 nitrogen and oxygen atoms in total. The summed E-state index contributed by atoms with van der Waals surface area (Å²) in [5.41, 5.74) is 1.51. The van der Waals surface area contributed by atoms with Gasteiger partial charge in [0.2, 0.25) is 0 Å². The fraction of sp³-hybridized carbons (Fsp3) is 0.263. The first-order valence-corrected chi connectivity index (χ1v) is 9.75. The summed E-state index contributed by atoms with van der Waals surface area (Å²) in [6.07, 6.45) is 0. The third kappa shape index (κ3) is 5.19. The van der Waals surface area contributed by atoms with Gasteiger partial charge >= 0.3 is 0 Å². The summed E-state index contributed by atoms with van der Waals surface area (Å²) < 4.78 is 7.23. The van der Waals surface area contributed by atoms with E-state index in [1.165, 1.54) is 11.3 Å². The minimum absolute atomic E-state index is 0. The summed E-state index contributed by atoms with van der Waals surface area (Å²) in [6, 6.07) is 13.2. The number of hydrogen-bond donors (Lipinski definition) is 0. The second-order valence-electron chi connectivity index (χ2n) is 6.10. The van der Waals surface area contributed by atoms with E-state index in [0.29, 0.717) is 17.2 Å². The van der Waals surface area contributed by atoms with Crippen molar-refractivity contribution in [1.29, 1.82) is 0 Å². The Morgan fingerprint density at radius 1 is 1.15 bits per heavy atom. The first-order valence-electron chi connectivity index (χ1n) is 8.14. The van der Waals surface area contributed by atoms with Gasteiger partial charge in [-0.1, -0.05) is 27.3 Å². The van der Waals surface area contributed by atoms with E-state index in [2.05, 4.69) is 25.8 Å². The molecule has 27 heavy (non-hydrogen) atoms. The molecule has 0 bridgehead atoms. The van der Waals surface area contributed by atoms with Crippen molar-refractivity contribution < 1.29 is 9.53 Å². The van der Waals surface area contributed by atoms with Crippen LogP contribution in [-0.2, 0) is 0 Å². The number of likely N-dealkylation sites (N-methyl/N-ethyl adjacent to an activating group) is 1. The van der Waals surface area contributed by atoms with Crippen LogP contribution in [0, 0.1) is 0 Å². The highest BCUT2D eigenvalue weighted by atomic mass is 79.9. The van der Waals surface area contributed by atoms with Crippen molar-refractivity contribution in [3.63, 3.8) is 0 Å². The molecule has 0 N–H and O–H groups in total. The van der Waals surface area contributed by atoms with Crippen LogP contribution in [0.15, 0.2) is 46.9 Å². The molecule has 0 saturated heterocycles. The number of amides is 1. The number of benzene rings is 2. The number of halogens is 2. The predicted molar refractivity (Wildman–Crippen MR) is 118 cm³/mol. The summed E-state index contributed by atoms with van der Waals surface area (Å²) in [4.78, 5) is 21.6. The number of aromatic nitrogens is 1. The predicted octanol–water partition coefficient (Wildman–Crippen LogP) is 4.70. The summed E-state index contributed by atoms with van der Waals surface area (Å²) in [7, 11) is 5.63. The first-order chi connectivity index (χ1) is 12.5. The highest BCUT2D eigenvalue weighted by molar-refractivity contribution is 9.10. The second-order valence-corrected chi connectivity index (χ2v) is 8.02. The molecule has 0 unspecified atom stereocenters. The molecule has 1 aromatic heterocycles. The fourth-order valence-corrected chi connectivity index (χ4v) is 3.75. The average Bonchev–Trinajstić information content (AvgIpc) is 3.04. The second kappa shape index (κ2) is 9.50. The van der Waals surface area contributed by atoms with Crippen molar-refractivity contribution in [2.45, 2.75) is 0 Å². The minimum atomic E-state index is -0.0506. The van der Waals surface area contributed by atoms with Crippen molar-refractivity contribution in [1.82, 2.24) is 9.88 Å². The maximum absolute atomic E-state index is 13.1. The van der Waals surface area contributed by atoms with Crippen LogP contribution < -0.4 is 9.64 Å². The van der Waals surface area contributed by atoms with Gasteiger partial charge in [0.15, 0.2) is 5.13 Å². The zero-order valence-electron chi connectivity index (χ0n) is 15.3.